The molecule has 0 radical (unpaired) electrons. The molecule has 1 aliphatic heterocycles. The third-order valence-electron chi connectivity index (χ3n) is 4.67. The molecule has 7 heteroatoms. The standard InChI is InChI=1S/C21H34N2O5/c1-2-3-11-26-14-15-28-17-20(24)22-19(16-23-9-12-27-13-10-23)21(25)18-7-5-4-6-8-18/h4-8,19,21,25H,2-3,9-17H2,1H3,(H,22,24)/t19-,21-/m0/s1. The number of carbonyl (C=O) groups is 1. The minimum absolute atomic E-state index is 0.0434. The van der Waals surface area contributed by atoms with E-state index < -0.39 is 12.1 Å². The third-order valence-corrected chi connectivity index (χ3v) is 4.67. The van der Waals surface area contributed by atoms with Crippen molar-refractivity contribution in [3.05, 3.63) is 35.9 Å². The maximum Gasteiger partial charge on any atom is 0.246 e. The molecule has 0 bridgehead atoms. The lowest BCUT2D eigenvalue weighted by atomic mass is 10.0. The van der Waals surface area contributed by atoms with Crippen LogP contribution in [0.2, 0.25) is 0 Å². The Labute approximate surface area is 168 Å². The maximum absolute atomic E-state index is 12.3. The molecule has 7 nitrogen and oxygen atoms in total. The molecule has 1 saturated heterocycles. The van der Waals surface area contributed by atoms with E-state index in [1.807, 2.05) is 30.3 Å². The highest BCUT2D eigenvalue weighted by atomic mass is 16.5. The van der Waals surface area contributed by atoms with Crippen molar-refractivity contribution >= 4 is 5.91 Å². The lowest BCUT2D eigenvalue weighted by molar-refractivity contribution is -0.128. The van der Waals surface area contributed by atoms with Crippen molar-refractivity contribution in [2.24, 2.45) is 0 Å². The zero-order valence-electron chi connectivity index (χ0n) is 16.8. The summed E-state index contributed by atoms with van der Waals surface area (Å²) in [7, 11) is 0. The molecule has 1 amide bonds. The molecule has 1 aromatic carbocycles. The largest absolute Gasteiger partial charge is 0.386 e. The molecule has 1 fully saturated rings. The van der Waals surface area contributed by atoms with Gasteiger partial charge in [-0.15, -0.1) is 0 Å². The second-order valence-electron chi connectivity index (χ2n) is 6.96. The van der Waals surface area contributed by atoms with E-state index in [0.29, 0.717) is 33.0 Å². The maximum atomic E-state index is 12.3. The van der Waals surface area contributed by atoms with Crippen LogP contribution in [0.25, 0.3) is 0 Å². The van der Waals surface area contributed by atoms with Crippen LogP contribution in [0.4, 0.5) is 0 Å². The Bertz CT molecular complexity index is 537. The first-order chi connectivity index (χ1) is 13.7. The molecule has 0 saturated carbocycles. The average Bonchev–Trinajstić information content (AvgIpc) is 2.73. The Hall–Kier alpha value is -1.51. The number of hydrogen-bond donors (Lipinski definition) is 2. The summed E-state index contributed by atoms with van der Waals surface area (Å²) in [6.07, 6.45) is 1.34. The quantitative estimate of drug-likeness (QED) is 0.492. The number of unbranched alkanes of at least 4 members (excludes halogenated alkanes) is 1. The van der Waals surface area contributed by atoms with Crippen molar-refractivity contribution < 1.29 is 24.1 Å². The predicted octanol–water partition coefficient (Wildman–Crippen LogP) is 1.37. The molecule has 2 atom stereocenters. The van der Waals surface area contributed by atoms with Crippen LogP contribution in [0, 0.1) is 0 Å². The number of amides is 1. The van der Waals surface area contributed by atoms with Crippen molar-refractivity contribution in [3.63, 3.8) is 0 Å². The first-order valence-corrected chi connectivity index (χ1v) is 10.2. The van der Waals surface area contributed by atoms with Crippen LogP contribution in [-0.2, 0) is 19.0 Å². The summed E-state index contributed by atoms with van der Waals surface area (Å²) < 4.78 is 16.2. The molecule has 0 aromatic heterocycles. The normalized spacial score (nSPS) is 17.2. The van der Waals surface area contributed by atoms with Gasteiger partial charge in [0.05, 0.1) is 32.5 Å². The van der Waals surface area contributed by atoms with Crippen LogP contribution in [-0.4, -0.2) is 81.2 Å². The minimum Gasteiger partial charge on any atom is -0.386 e. The van der Waals surface area contributed by atoms with Gasteiger partial charge in [0.15, 0.2) is 0 Å². The second kappa shape index (κ2) is 13.6. The van der Waals surface area contributed by atoms with E-state index in [1.165, 1.54) is 0 Å². The molecule has 0 unspecified atom stereocenters. The van der Waals surface area contributed by atoms with Gasteiger partial charge in [0.1, 0.15) is 12.7 Å². The summed E-state index contributed by atoms with van der Waals surface area (Å²) in [6.45, 7) is 7.14. The van der Waals surface area contributed by atoms with E-state index in [9.17, 15) is 9.90 Å². The van der Waals surface area contributed by atoms with Gasteiger partial charge in [-0.25, -0.2) is 0 Å². The summed E-state index contributed by atoms with van der Waals surface area (Å²) >= 11 is 0. The third kappa shape index (κ3) is 8.67. The number of ether oxygens (including phenoxy) is 3. The monoisotopic (exact) mass is 394 g/mol. The van der Waals surface area contributed by atoms with Crippen molar-refractivity contribution in [1.82, 2.24) is 10.2 Å². The van der Waals surface area contributed by atoms with E-state index >= 15 is 0 Å². The van der Waals surface area contributed by atoms with E-state index in [4.69, 9.17) is 14.2 Å². The van der Waals surface area contributed by atoms with E-state index in [-0.39, 0.29) is 12.5 Å². The molecule has 2 N–H and O–H groups in total. The first-order valence-electron chi connectivity index (χ1n) is 10.2. The van der Waals surface area contributed by atoms with Gasteiger partial charge < -0.3 is 24.6 Å². The summed E-state index contributed by atoms with van der Waals surface area (Å²) in [6, 6.07) is 8.99. The van der Waals surface area contributed by atoms with Crippen molar-refractivity contribution in [2.75, 3.05) is 59.3 Å². The number of hydrogen-bond acceptors (Lipinski definition) is 6. The smallest absolute Gasteiger partial charge is 0.246 e. The Balaban J connectivity index is 1.81. The van der Waals surface area contributed by atoms with Crippen LogP contribution < -0.4 is 5.32 Å². The van der Waals surface area contributed by atoms with Crippen LogP contribution in [0.15, 0.2) is 30.3 Å². The van der Waals surface area contributed by atoms with Crippen LogP contribution in [0.3, 0.4) is 0 Å². The highest BCUT2D eigenvalue weighted by molar-refractivity contribution is 5.77. The zero-order chi connectivity index (χ0) is 20.0. The van der Waals surface area contributed by atoms with Gasteiger partial charge in [-0.2, -0.15) is 0 Å². The highest BCUT2D eigenvalue weighted by Gasteiger charge is 2.26. The number of rotatable bonds is 13. The van der Waals surface area contributed by atoms with Gasteiger partial charge in [-0.05, 0) is 12.0 Å². The highest BCUT2D eigenvalue weighted by Crippen LogP contribution is 2.18. The van der Waals surface area contributed by atoms with Gasteiger partial charge in [0.25, 0.3) is 0 Å². The molecule has 2 rings (SSSR count). The Kier molecular flexibility index (Phi) is 11.1. The van der Waals surface area contributed by atoms with Crippen molar-refractivity contribution in [1.29, 1.82) is 0 Å². The van der Waals surface area contributed by atoms with E-state index in [1.54, 1.807) is 0 Å². The molecular formula is C21H34N2O5. The van der Waals surface area contributed by atoms with Crippen molar-refractivity contribution in [3.8, 4) is 0 Å². The topological polar surface area (TPSA) is 80.3 Å². The molecule has 0 aliphatic carbocycles. The molecule has 1 heterocycles. The molecule has 28 heavy (non-hydrogen) atoms. The molecule has 0 spiro atoms. The predicted molar refractivity (Wildman–Crippen MR) is 107 cm³/mol. The Morgan fingerprint density at radius 3 is 2.61 bits per heavy atom. The number of morpholine rings is 1. The van der Waals surface area contributed by atoms with Gasteiger partial charge in [-0.1, -0.05) is 43.7 Å². The number of aliphatic hydroxyl groups excluding tert-OH is 1. The van der Waals surface area contributed by atoms with Gasteiger partial charge in [-0.3, -0.25) is 9.69 Å². The van der Waals surface area contributed by atoms with Crippen LogP contribution in [0.1, 0.15) is 31.4 Å². The van der Waals surface area contributed by atoms with Crippen molar-refractivity contribution in [2.45, 2.75) is 31.9 Å². The fourth-order valence-electron chi connectivity index (χ4n) is 3.05. The fourth-order valence-corrected chi connectivity index (χ4v) is 3.05. The fraction of sp³-hybridized carbons (Fsp3) is 0.667. The van der Waals surface area contributed by atoms with Crippen LogP contribution in [0.5, 0.6) is 0 Å². The summed E-state index contributed by atoms with van der Waals surface area (Å²) in [5.41, 5.74) is 0.784. The van der Waals surface area contributed by atoms with E-state index in [2.05, 4.69) is 17.1 Å². The SMILES string of the molecule is CCCCOCCOCC(=O)N[C@@H](CN1CCOCC1)[C@@H](O)c1ccccc1. The summed E-state index contributed by atoms with van der Waals surface area (Å²) in [5, 5.41) is 13.8. The number of carbonyl (C=O) groups excluding carboxylic acids is 1. The van der Waals surface area contributed by atoms with Gasteiger partial charge >= 0.3 is 0 Å². The van der Waals surface area contributed by atoms with Gasteiger partial charge in [0, 0.05) is 26.2 Å². The Morgan fingerprint density at radius 1 is 1.18 bits per heavy atom. The lowest BCUT2D eigenvalue weighted by Gasteiger charge is -2.33. The average molecular weight is 395 g/mol. The Morgan fingerprint density at radius 2 is 1.89 bits per heavy atom. The van der Waals surface area contributed by atoms with Crippen LogP contribution >= 0.6 is 0 Å². The molecular weight excluding hydrogens is 360 g/mol. The number of nitrogens with zero attached hydrogens (tertiary/aromatic N) is 1. The number of aliphatic hydroxyl groups is 1. The second-order valence-corrected chi connectivity index (χ2v) is 6.96. The molecule has 1 aromatic rings. The zero-order valence-corrected chi connectivity index (χ0v) is 16.8. The summed E-state index contributed by atoms with van der Waals surface area (Å²) in [4.78, 5) is 14.5. The lowest BCUT2D eigenvalue weighted by Crippen LogP contribution is -2.50. The minimum atomic E-state index is -0.787. The number of benzene rings is 1. The molecule has 1 aliphatic rings. The van der Waals surface area contributed by atoms with E-state index in [0.717, 1.165) is 38.1 Å². The number of nitrogens with one attached hydrogen (secondary N) is 1. The summed E-state index contributed by atoms with van der Waals surface area (Å²) in [5.74, 6) is -0.234. The van der Waals surface area contributed by atoms with Gasteiger partial charge in [0.2, 0.25) is 5.91 Å². The first kappa shape index (κ1) is 22.8. The molecule has 158 valence electrons.